The van der Waals surface area contributed by atoms with Crippen molar-refractivity contribution in [3.63, 3.8) is 0 Å². The average Bonchev–Trinajstić information content (AvgIpc) is 2.09. The highest BCUT2D eigenvalue weighted by Crippen LogP contribution is 2.45. The first kappa shape index (κ1) is 7.36. The molecule has 0 aromatic carbocycles. The van der Waals surface area contributed by atoms with Crippen LogP contribution in [-0.4, -0.2) is 6.04 Å². The fraction of sp³-hybridized carbons (Fsp3) is 1.00. The molecule has 2 aliphatic rings. The lowest BCUT2D eigenvalue weighted by Crippen LogP contribution is -2.44. The minimum Gasteiger partial charge on any atom is -0.327 e. The van der Waals surface area contributed by atoms with E-state index in [4.69, 9.17) is 5.73 Å². The van der Waals surface area contributed by atoms with Crippen LogP contribution < -0.4 is 5.73 Å². The van der Waals surface area contributed by atoms with Gasteiger partial charge in [-0.3, -0.25) is 0 Å². The highest BCUT2D eigenvalue weighted by atomic mass is 35.5. The molecule has 2 heteroatoms. The summed E-state index contributed by atoms with van der Waals surface area (Å²) >= 11 is 0. The molecule has 9 heavy (non-hydrogen) atoms. The normalized spacial score (nSPS) is 47.0. The van der Waals surface area contributed by atoms with Crippen LogP contribution in [0.2, 0.25) is 0 Å². The van der Waals surface area contributed by atoms with Gasteiger partial charge in [0, 0.05) is 6.04 Å². The highest BCUT2D eigenvalue weighted by molar-refractivity contribution is 5.85. The number of fused-ring (bicyclic) bond motifs is 1. The van der Waals surface area contributed by atoms with Crippen molar-refractivity contribution >= 4 is 12.4 Å². The van der Waals surface area contributed by atoms with Crippen LogP contribution in [0.5, 0.6) is 0 Å². The minimum atomic E-state index is 0. The molecule has 0 amide bonds. The first-order valence-electron chi connectivity index (χ1n) is 3.63. The van der Waals surface area contributed by atoms with Crippen LogP contribution in [0.4, 0.5) is 0 Å². The largest absolute Gasteiger partial charge is 0.327 e. The SMILES string of the molecule is Cl.NC1CC2CCCC12. The van der Waals surface area contributed by atoms with Crippen molar-refractivity contribution in [2.75, 3.05) is 0 Å². The number of hydrogen-bond donors (Lipinski definition) is 1. The molecule has 2 fully saturated rings. The quantitative estimate of drug-likeness (QED) is 0.553. The predicted molar refractivity (Wildman–Crippen MR) is 40.7 cm³/mol. The van der Waals surface area contributed by atoms with E-state index in [0.29, 0.717) is 6.04 Å². The Kier molecular flexibility index (Phi) is 2.02. The Bertz CT molecular complexity index is 105. The van der Waals surface area contributed by atoms with Gasteiger partial charge < -0.3 is 5.73 Å². The summed E-state index contributed by atoms with van der Waals surface area (Å²) in [7, 11) is 0. The molecule has 1 nitrogen and oxygen atoms in total. The smallest absolute Gasteiger partial charge is 0.00725 e. The number of halogens is 1. The third-order valence-corrected chi connectivity index (χ3v) is 2.84. The Labute approximate surface area is 62.4 Å². The Balaban J connectivity index is 0.000000405. The van der Waals surface area contributed by atoms with Crippen LogP contribution in [-0.2, 0) is 0 Å². The lowest BCUT2D eigenvalue weighted by atomic mass is 9.72. The van der Waals surface area contributed by atoms with Crippen LogP contribution in [0.3, 0.4) is 0 Å². The summed E-state index contributed by atoms with van der Waals surface area (Å²) in [5, 5.41) is 0. The molecule has 2 N–H and O–H groups in total. The van der Waals surface area contributed by atoms with E-state index in [-0.39, 0.29) is 12.4 Å². The molecule has 0 bridgehead atoms. The van der Waals surface area contributed by atoms with Gasteiger partial charge in [-0.2, -0.15) is 0 Å². The van der Waals surface area contributed by atoms with Gasteiger partial charge in [-0.25, -0.2) is 0 Å². The van der Waals surface area contributed by atoms with E-state index in [0.717, 1.165) is 11.8 Å². The summed E-state index contributed by atoms with van der Waals surface area (Å²) in [5.74, 6) is 1.99. The molecule has 3 atom stereocenters. The average molecular weight is 148 g/mol. The molecule has 0 saturated heterocycles. The van der Waals surface area contributed by atoms with E-state index in [1.54, 1.807) is 0 Å². The van der Waals surface area contributed by atoms with Gasteiger partial charge in [-0.05, 0) is 24.7 Å². The second-order valence-corrected chi connectivity index (χ2v) is 3.25. The zero-order valence-electron chi connectivity index (χ0n) is 5.55. The van der Waals surface area contributed by atoms with Gasteiger partial charge >= 0.3 is 0 Å². The van der Waals surface area contributed by atoms with Gasteiger partial charge in [0.15, 0.2) is 0 Å². The summed E-state index contributed by atoms with van der Waals surface area (Å²) < 4.78 is 0. The van der Waals surface area contributed by atoms with E-state index >= 15 is 0 Å². The van der Waals surface area contributed by atoms with Gasteiger partial charge in [-0.1, -0.05) is 12.8 Å². The van der Waals surface area contributed by atoms with Crippen LogP contribution in [0.25, 0.3) is 0 Å². The first-order chi connectivity index (χ1) is 3.88. The Morgan fingerprint density at radius 3 is 2.44 bits per heavy atom. The summed E-state index contributed by atoms with van der Waals surface area (Å²) in [6.45, 7) is 0. The minimum absolute atomic E-state index is 0. The molecule has 54 valence electrons. The van der Waals surface area contributed by atoms with E-state index in [2.05, 4.69) is 0 Å². The molecule has 0 radical (unpaired) electrons. The Hall–Kier alpha value is 0.250. The van der Waals surface area contributed by atoms with Gasteiger partial charge in [-0.15, -0.1) is 12.4 Å². The molecule has 0 heterocycles. The molecule has 3 unspecified atom stereocenters. The molecule has 0 spiro atoms. The molecule has 2 aliphatic carbocycles. The molecule has 2 saturated carbocycles. The topological polar surface area (TPSA) is 26.0 Å². The summed E-state index contributed by atoms with van der Waals surface area (Å²) in [4.78, 5) is 0. The van der Waals surface area contributed by atoms with Gasteiger partial charge in [0.1, 0.15) is 0 Å². The second kappa shape index (κ2) is 2.47. The van der Waals surface area contributed by atoms with Crippen molar-refractivity contribution in [2.24, 2.45) is 17.6 Å². The lowest BCUT2D eigenvalue weighted by Gasteiger charge is -2.37. The maximum absolute atomic E-state index is 5.76. The maximum atomic E-state index is 5.76. The number of rotatable bonds is 0. The molecule has 0 aromatic rings. The number of nitrogens with two attached hydrogens (primary N) is 1. The zero-order valence-corrected chi connectivity index (χ0v) is 6.36. The fourth-order valence-electron chi connectivity index (χ4n) is 2.25. The van der Waals surface area contributed by atoms with Crippen LogP contribution in [0.1, 0.15) is 25.7 Å². The zero-order chi connectivity index (χ0) is 5.56. The molecule has 0 aliphatic heterocycles. The summed E-state index contributed by atoms with van der Waals surface area (Å²) in [6.07, 6.45) is 5.66. The maximum Gasteiger partial charge on any atom is 0.00725 e. The predicted octanol–water partition coefficient (Wildman–Crippen LogP) is 1.56. The fourth-order valence-corrected chi connectivity index (χ4v) is 2.25. The molecular weight excluding hydrogens is 134 g/mol. The van der Waals surface area contributed by atoms with Crippen molar-refractivity contribution in [2.45, 2.75) is 31.7 Å². The lowest BCUT2D eigenvalue weighted by molar-refractivity contribution is 0.173. The number of hydrogen-bond acceptors (Lipinski definition) is 1. The van der Waals surface area contributed by atoms with Crippen LogP contribution >= 0.6 is 12.4 Å². The monoisotopic (exact) mass is 147 g/mol. The van der Waals surface area contributed by atoms with Crippen molar-refractivity contribution in [3.05, 3.63) is 0 Å². The van der Waals surface area contributed by atoms with E-state index in [1.165, 1.54) is 25.7 Å². The van der Waals surface area contributed by atoms with Crippen molar-refractivity contribution < 1.29 is 0 Å². The molecule has 2 rings (SSSR count). The summed E-state index contributed by atoms with van der Waals surface area (Å²) in [5.41, 5.74) is 5.76. The van der Waals surface area contributed by atoms with E-state index in [9.17, 15) is 0 Å². The third-order valence-electron chi connectivity index (χ3n) is 2.84. The van der Waals surface area contributed by atoms with Gasteiger partial charge in [0.05, 0.1) is 0 Å². The molecular formula is C7H14ClN. The van der Waals surface area contributed by atoms with Gasteiger partial charge in [0.2, 0.25) is 0 Å². The van der Waals surface area contributed by atoms with Crippen molar-refractivity contribution in [1.82, 2.24) is 0 Å². The van der Waals surface area contributed by atoms with Crippen molar-refractivity contribution in [3.8, 4) is 0 Å². The third kappa shape index (κ3) is 0.968. The standard InChI is InChI=1S/C7H13N.ClH/c8-7-4-5-2-1-3-6(5)7;/h5-7H,1-4,8H2;1H. The van der Waals surface area contributed by atoms with Crippen LogP contribution in [0.15, 0.2) is 0 Å². The Morgan fingerprint density at radius 1 is 1.22 bits per heavy atom. The van der Waals surface area contributed by atoms with E-state index < -0.39 is 0 Å². The van der Waals surface area contributed by atoms with Gasteiger partial charge in [0.25, 0.3) is 0 Å². The van der Waals surface area contributed by atoms with E-state index in [1.807, 2.05) is 0 Å². The molecule has 0 aromatic heterocycles. The van der Waals surface area contributed by atoms with Crippen molar-refractivity contribution in [1.29, 1.82) is 0 Å². The second-order valence-electron chi connectivity index (χ2n) is 3.25. The first-order valence-corrected chi connectivity index (χ1v) is 3.63. The highest BCUT2D eigenvalue weighted by Gasteiger charge is 2.41. The van der Waals surface area contributed by atoms with Crippen LogP contribution in [0, 0.1) is 11.8 Å². The summed E-state index contributed by atoms with van der Waals surface area (Å²) in [6, 6.07) is 0.586. The Morgan fingerprint density at radius 2 is 2.00 bits per heavy atom.